The van der Waals surface area contributed by atoms with Crippen LogP contribution in [0.25, 0.3) is 0 Å². The molecule has 0 saturated carbocycles. The Balaban J connectivity index is 3.02. The second-order valence-electron chi connectivity index (χ2n) is 3.79. The SMILES string of the molecule is CCC(=O)C[n+]1c(C)cc(C)cc1C. The Hall–Kier alpha value is -1.18. The number of nitrogens with zero attached hydrogens (tertiary/aromatic N) is 1. The van der Waals surface area contributed by atoms with Crippen molar-refractivity contribution in [2.45, 2.75) is 40.7 Å². The maximum Gasteiger partial charge on any atom is 0.206 e. The van der Waals surface area contributed by atoms with Gasteiger partial charge in [-0.15, -0.1) is 0 Å². The average Bonchev–Trinajstić information content (AvgIpc) is 2.10. The number of Topliss-reactive ketones (excluding diaryl/α,β-unsaturated/α-hetero) is 1. The summed E-state index contributed by atoms with van der Waals surface area (Å²) < 4.78 is 2.07. The molecule has 2 heteroatoms. The van der Waals surface area contributed by atoms with Crippen LogP contribution < -0.4 is 4.57 Å². The molecule has 0 radical (unpaired) electrons. The van der Waals surface area contributed by atoms with E-state index < -0.39 is 0 Å². The number of rotatable bonds is 3. The van der Waals surface area contributed by atoms with E-state index in [1.807, 2.05) is 20.8 Å². The number of aromatic nitrogens is 1. The van der Waals surface area contributed by atoms with Crippen LogP contribution in [0.3, 0.4) is 0 Å². The van der Waals surface area contributed by atoms with Gasteiger partial charge in [-0.05, 0) is 12.5 Å². The summed E-state index contributed by atoms with van der Waals surface area (Å²) in [4.78, 5) is 11.3. The molecule has 0 spiro atoms. The van der Waals surface area contributed by atoms with Gasteiger partial charge in [-0.2, -0.15) is 4.57 Å². The molecular weight excluding hydrogens is 174 g/mol. The molecule has 76 valence electrons. The molecule has 1 aromatic rings. The normalized spacial score (nSPS) is 10.3. The van der Waals surface area contributed by atoms with Crippen LogP contribution in [0.5, 0.6) is 0 Å². The maximum absolute atomic E-state index is 11.3. The van der Waals surface area contributed by atoms with Gasteiger partial charge in [-0.1, -0.05) is 6.92 Å². The summed E-state index contributed by atoms with van der Waals surface area (Å²) in [7, 11) is 0. The van der Waals surface area contributed by atoms with Gasteiger partial charge >= 0.3 is 0 Å². The van der Waals surface area contributed by atoms with Crippen molar-refractivity contribution in [3.63, 3.8) is 0 Å². The van der Waals surface area contributed by atoms with Crippen LogP contribution in [0.4, 0.5) is 0 Å². The molecule has 14 heavy (non-hydrogen) atoms. The van der Waals surface area contributed by atoms with Crippen LogP contribution in [-0.4, -0.2) is 5.78 Å². The molecule has 0 bridgehead atoms. The summed E-state index contributed by atoms with van der Waals surface area (Å²) in [6.45, 7) is 8.58. The lowest BCUT2D eigenvalue weighted by atomic mass is 10.2. The molecule has 0 N–H and O–H groups in total. The smallest absolute Gasteiger partial charge is 0.206 e. The van der Waals surface area contributed by atoms with Crippen molar-refractivity contribution in [1.29, 1.82) is 0 Å². The van der Waals surface area contributed by atoms with E-state index in [9.17, 15) is 4.79 Å². The molecule has 1 rings (SSSR count). The molecule has 0 amide bonds. The van der Waals surface area contributed by atoms with Crippen molar-refractivity contribution in [2.75, 3.05) is 0 Å². The van der Waals surface area contributed by atoms with Gasteiger partial charge in [0.25, 0.3) is 0 Å². The van der Waals surface area contributed by atoms with Crippen LogP contribution in [0.1, 0.15) is 30.3 Å². The minimum Gasteiger partial charge on any atom is -0.293 e. The Labute approximate surface area is 85.6 Å². The van der Waals surface area contributed by atoms with E-state index in [2.05, 4.69) is 23.6 Å². The summed E-state index contributed by atoms with van der Waals surface area (Å²) in [6, 6.07) is 4.21. The van der Waals surface area contributed by atoms with Crippen molar-refractivity contribution in [3.05, 3.63) is 29.1 Å². The molecule has 0 saturated heterocycles. The summed E-state index contributed by atoms with van der Waals surface area (Å²) in [5.41, 5.74) is 3.56. The third-order valence-electron chi connectivity index (χ3n) is 2.45. The molecule has 0 aromatic carbocycles. The van der Waals surface area contributed by atoms with Crippen LogP contribution in [0.15, 0.2) is 12.1 Å². The van der Waals surface area contributed by atoms with Crippen molar-refractivity contribution < 1.29 is 9.36 Å². The minimum absolute atomic E-state index is 0.282. The van der Waals surface area contributed by atoms with Gasteiger partial charge < -0.3 is 0 Å². The number of aryl methyl sites for hydroxylation is 3. The molecule has 0 aliphatic rings. The number of ketones is 1. The van der Waals surface area contributed by atoms with E-state index in [1.54, 1.807) is 0 Å². The Bertz CT molecular complexity index is 332. The summed E-state index contributed by atoms with van der Waals surface area (Å²) in [6.07, 6.45) is 0.611. The molecule has 0 aliphatic carbocycles. The Morgan fingerprint density at radius 1 is 1.21 bits per heavy atom. The molecule has 0 unspecified atom stereocenters. The van der Waals surface area contributed by atoms with Gasteiger partial charge in [0.15, 0.2) is 17.2 Å². The Kier molecular flexibility index (Phi) is 3.39. The highest BCUT2D eigenvalue weighted by Crippen LogP contribution is 2.01. The van der Waals surface area contributed by atoms with E-state index in [-0.39, 0.29) is 5.78 Å². The van der Waals surface area contributed by atoms with E-state index in [4.69, 9.17) is 0 Å². The first-order chi connectivity index (χ1) is 6.54. The molecule has 2 nitrogen and oxygen atoms in total. The first-order valence-electron chi connectivity index (χ1n) is 5.04. The van der Waals surface area contributed by atoms with Gasteiger partial charge in [0.05, 0.1) is 0 Å². The maximum atomic E-state index is 11.3. The topological polar surface area (TPSA) is 20.9 Å². The zero-order valence-electron chi connectivity index (χ0n) is 9.42. The van der Waals surface area contributed by atoms with Crippen molar-refractivity contribution in [3.8, 4) is 0 Å². The first kappa shape index (κ1) is 10.9. The lowest BCUT2D eigenvalue weighted by Gasteiger charge is -2.03. The molecule has 0 atom stereocenters. The number of hydrogen-bond donors (Lipinski definition) is 0. The van der Waals surface area contributed by atoms with Crippen molar-refractivity contribution in [2.24, 2.45) is 0 Å². The van der Waals surface area contributed by atoms with E-state index in [0.29, 0.717) is 13.0 Å². The highest BCUT2D eigenvalue weighted by atomic mass is 16.1. The summed E-state index contributed by atoms with van der Waals surface area (Å²) >= 11 is 0. The zero-order valence-corrected chi connectivity index (χ0v) is 9.42. The highest BCUT2D eigenvalue weighted by molar-refractivity contribution is 5.76. The second kappa shape index (κ2) is 4.36. The molecule has 1 heterocycles. The van der Waals surface area contributed by atoms with Gasteiger partial charge in [-0.25, -0.2) is 0 Å². The van der Waals surface area contributed by atoms with Crippen LogP contribution in [0.2, 0.25) is 0 Å². The average molecular weight is 192 g/mol. The molecular formula is C12H18NO+. The predicted octanol–water partition coefficient (Wildman–Crippen LogP) is 1.88. The van der Waals surface area contributed by atoms with Gasteiger partial charge in [0.2, 0.25) is 6.54 Å². The van der Waals surface area contributed by atoms with Gasteiger partial charge in [0.1, 0.15) is 0 Å². The third kappa shape index (κ3) is 2.41. The van der Waals surface area contributed by atoms with E-state index in [1.165, 1.54) is 5.56 Å². The summed E-state index contributed by atoms with van der Waals surface area (Å²) in [5.74, 6) is 0.282. The Morgan fingerprint density at radius 3 is 2.14 bits per heavy atom. The second-order valence-corrected chi connectivity index (χ2v) is 3.79. The van der Waals surface area contributed by atoms with E-state index in [0.717, 1.165) is 11.4 Å². The standard InChI is InChI=1S/C12H18NO/c1-5-12(14)8-13-10(3)6-9(2)7-11(13)4/h6-7H,5,8H2,1-4H3/q+1. The summed E-state index contributed by atoms with van der Waals surface area (Å²) in [5, 5.41) is 0. The van der Waals surface area contributed by atoms with Crippen LogP contribution >= 0.6 is 0 Å². The quantitative estimate of drug-likeness (QED) is 0.670. The molecule has 1 aromatic heterocycles. The number of hydrogen-bond acceptors (Lipinski definition) is 1. The van der Waals surface area contributed by atoms with Gasteiger partial charge in [-0.3, -0.25) is 4.79 Å². The predicted molar refractivity (Wildman–Crippen MR) is 56.1 cm³/mol. The van der Waals surface area contributed by atoms with Crippen molar-refractivity contribution >= 4 is 5.78 Å². The number of carbonyl (C=O) groups is 1. The van der Waals surface area contributed by atoms with E-state index >= 15 is 0 Å². The number of carbonyl (C=O) groups excluding carboxylic acids is 1. The van der Waals surface area contributed by atoms with Crippen LogP contribution in [-0.2, 0) is 11.3 Å². The van der Waals surface area contributed by atoms with Gasteiger partial charge in [0, 0.05) is 32.4 Å². The number of pyridine rings is 1. The first-order valence-corrected chi connectivity index (χ1v) is 5.04. The van der Waals surface area contributed by atoms with Crippen LogP contribution in [0, 0.1) is 20.8 Å². The molecule has 0 aliphatic heterocycles. The lowest BCUT2D eigenvalue weighted by molar-refractivity contribution is -0.696. The monoisotopic (exact) mass is 192 g/mol. The minimum atomic E-state index is 0.282. The third-order valence-corrected chi connectivity index (χ3v) is 2.45. The fourth-order valence-corrected chi connectivity index (χ4v) is 1.67. The van der Waals surface area contributed by atoms with Crippen molar-refractivity contribution in [1.82, 2.24) is 0 Å². The Morgan fingerprint density at radius 2 is 1.71 bits per heavy atom. The molecule has 0 fully saturated rings. The lowest BCUT2D eigenvalue weighted by Crippen LogP contribution is -2.43. The zero-order chi connectivity index (χ0) is 10.7. The largest absolute Gasteiger partial charge is 0.293 e. The fourth-order valence-electron chi connectivity index (χ4n) is 1.67. The highest BCUT2D eigenvalue weighted by Gasteiger charge is 2.14. The fraction of sp³-hybridized carbons (Fsp3) is 0.500.